The molecule has 2 amide bonds. The number of H-pyrrole nitrogens is 1. The Morgan fingerprint density at radius 2 is 1.73 bits per heavy atom. The molecule has 0 radical (unpaired) electrons. The summed E-state index contributed by atoms with van der Waals surface area (Å²) in [5, 5.41) is 0.965. The number of carbonyl (C=O) groups excluding carboxylic acids is 3. The first-order valence-electron chi connectivity index (χ1n) is 13.0. The Balaban J connectivity index is 1.47. The molecule has 1 N–H and O–H groups in total. The Morgan fingerprint density at radius 1 is 1.02 bits per heavy atom. The number of amides is 2. The van der Waals surface area contributed by atoms with Gasteiger partial charge in [-0.05, 0) is 68.3 Å². The van der Waals surface area contributed by atoms with Crippen LogP contribution in [-0.4, -0.2) is 54.7 Å². The Morgan fingerprint density at radius 3 is 2.42 bits per heavy atom. The van der Waals surface area contributed by atoms with Crippen LogP contribution in [0.2, 0.25) is 0 Å². The van der Waals surface area contributed by atoms with Crippen LogP contribution in [0.5, 0.6) is 0 Å². The summed E-state index contributed by atoms with van der Waals surface area (Å²) in [6, 6.07) is 18.8. The molecule has 0 spiro atoms. The van der Waals surface area contributed by atoms with Crippen LogP contribution in [0.3, 0.4) is 0 Å². The van der Waals surface area contributed by atoms with Crippen molar-refractivity contribution < 1.29 is 27.5 Å². The van der Waals surface area contributed by atoms with E-state index in [4.69, 9.17) is 4.74 Å². The molecule has 5 rings (SSSR count). The molecule has 40 heavy (non-hydrogen) atoms. The molecule has 0 aliphatic carbocycles. The molecule has 3 aromatic carbocycles. The number of nitrogens with one attached hydrogen (secondary N) is 1. The molecule has 206 valence electrons. The third-order valence-electron chi connectivity index (χ3n) is 7.01. The number of rotatable bonds is 9. The van der Waals surface area contributed by atoms with E-state index in [9.17, 15) is 22.8 Å². The van der Waals surface area contributed by atoms with E-state index in [1.165, 1.54) is 36.4 Å². The highest BCUT2D eigenvalue weighted by Gasteiger charge is 2.46. The molecule has 1 fully saturated rings. The summed E-state index contributed by atoms with van der Waals surface area (Å²) in [4.78, 5) is 43.1. The number of hydrogen-bond donors (Lipinski definition) is 1. The van der Waals surface area contributed by atoms with E-state index in [0.717, 1.165) is 31.2 Å². The Hall–Kier alpha value is -4.28. The summed E-state index contributed by atoms with van der Waals surface area (Å²) >= 11 is 0. The number of nitrogens with zero attached hydrogens (tertiary/aromatic N) is 2. The van der Waals surface area contributed by atoms with Crippen LogP contribution in [-0.2, 0) is 30.8 Å². The van der Waals surface area contributed by atoms with Crippen molar-refractivity contribution in [1.82, 2.24) is 9.29 Å². The minimum absolute atomic E-state index is 0.00260. The number of sulfonamides is 1. The van der Waals surface area contributed by atoms with E-state index in [2.05, 4.69) is 4.98 Å². The summed E-state index contributed by atoms with van der Waals surface area (Å²) in [6.45, 7) is 3.77. The van der Waals surface area contributed by atoms with E-state index >= 15 is 0 Å². The quantitative estimate of drug-likeness (QED) is 0.242. The van der Waals surface area contributed by atoms with E-state index in [-0.39, 0.29) is 35.7 Å². The van der Waals surface area contributed by atoms with Crippen molar-refractivity contribution in [3.05, 3.63) is 95.7 Å². The average molecular weight is 560 g/mol. The summed E-state index contributed by atoms with van der Waals surface area (Å²) in [5.41, 5.74) is 3.27. The van der Waals surface area contributed by atoms with Gasteiger partial charge in [-0.15, -0.1) is 0 Å². The van der Waals surface area contributed by atoms with E-state index in [1.807, 2.05) is 37.4 Å². The number of para-hydroxylation sites is 1. The molecule has 1 aliphatic rings. The second-order valence-electron chi connectivity index (χ2n) is 9.59. The number of imide groups is 1. The monoisotopic (exact) mass is 559 g/mol. The Labute approximate surface area is 232 Å². The second kappa shape index (κ2) is 11.1. The Kier molecular flexibility index (Phi) is 7.55. The molecule has 1 atom stereocenters. The first-order valence-corrected chi connectivity index (χ1v) is 14.4. The molecule has 1 saturated heterocycles. The van der Waals surface area contributed by atoms with Gasteiger partial charge in [0.2, 0.25) is 15.9 Å². The number of benzene rings is 3. The van der Waals surface area contributed by atoms with Gasteiger partial charge in [0, 0.05) is 23.6 Å². The van der Waals surface area contributed by atoms with Gasteiger partial charge < -0.3 is 9.72 Å². The number of esters is 1. The van der Waals surface area contributed by atoms with Gasteiger partial charge in [-0.1, -0.05) is 35.9 Å². The molecule has 1 unspecified atom stereocenters. The molecule has 0 bridgehead atoms. The maximum Gasteiger partial charge on any atom is 0.338 e. The SMILES string of the molecule is CCOC(=O)c1ccc(N2C(=O)CC(N(CCc3c[nH]c4ccccc34)S(=O)(=O)c3ccc(C)cc3)C2=O)cc1. The summed E-state index contributed by atoms with van der Waals surface area (Å²) in [7, 11) is -4.13. The maximum atomic E-state index is 13.9. The number of aryl methyl sites for hydroxylation is 1. The van der Waals surface area contributed by atoms with Crippen molar-refractivity contribution in [1.29, 1.82) is 0 Å². The molecule has 9 nitrogen and oxygen atoms in total. The van der Waals surface area contributed by atoms with Gasteiger partial charge in [-0.3, -0.25) is 9.59 Å². The van der Waals surface area contributed by atoms with Crippen LogP contribution in [0.1, 0.15) is 34.8 Å². The van der Waals surface area contributed by atoms with Crippen LogP contribution in [0, 0.1) is 6.92 Å². The van der Waals surface area contributed by atoms with Gasteiger partial charge in [0.15, 0.2) is 0 Å². The van der Waals surface area contributed by atoms with Gasteiger partial charge in [-0.25, -0.2) is 18.1 Å². The largest absolute Gasteiger partial charge is 0.462 e. The van der Waals surface area contributed by atoms with Crippen LogP contribution < -0.4 is 4.90 Å². The number of ether oxygens (including phenoxy) is 1. The highest BCUT2D eigenvalue weighted by molar-refractivity contribution is 7.89. The molecule has 0 saturated carbocycles. The van der Waals surface area contributed by atoms with Crippen molar-refractivity contribution in [2.75, 3.05) is 18.1 Å². The zero-order chi connectivity index (χ0) is 28.4. The fraction of sp³-hybridized carbons (Fsp3) is 0.233. The van der Waals surface area contributed by atoms with Crippen molar-refractivity contribution in [2.45, 2.75) is 37.6 Å². The van der Waals surface area contributed by atoms with Crippen LogP contribution in [0.4, 0.5) is 5.69 Å². The first kappa shape index (κ1) is 27.3. The first-order chi connectivity index (χ1) is 19.2. The topological polar surface area (TPSA) is 117 Å². The molecule has 10 heteroatoms. The van der Waals surface area contributed by atoms with Crippen molar-refractivity contribution in [2.24, 2.45) is 0 Å². The summed E-state index contributed by atoms with van der Waals surface area (Å²) in [6.07, 6.45) is 1.87. The zero-order valence-corrected chi connectivity index (χ0v) is 23.0. The number of hydrogen-bond acceptors (Lipinski definition) is 6. The number of aromatic amines is 1. The highest BCUT2D eigenvalue weighted by Crippen LogP contribution is 2.30. The lowest BCUT2D eigenvalue weighted by atomic mass is 10.1. The molecule has 4 aromatic rings. The number of fused-ring (bicyclic) bond motifs is 1. The van der Waals surface area contributed by atoms with Crippen molar-refractivity contribution in [3.8, 4) is 0 Å². The summed E-state index contributed by atoms with van der Waals surface area (Å²) < 4.78 is 34.0. The van der Waals surface area contributed by atoms with Gasteiger partial charge in [0.25, 0.3) is 5.91 Å². The van der Waals surface area contributed by atoms with Crippen LogP contribution in [0.15, 0.2) is 83.9 Å². The Bertz CT molecular complexity index is 1680. The van der Waals surface area contributed by atoms with Crippen molar-refractivity contribution >= 4 is 44.4 Å². The smallest absolute Gasteiger partial charge is 0.338 e. The summed E-state index contributed by atoms with van der Waals surface area (Å²) in [5.74, 6) is -1.67. The minimum Gasteiger partial charge on any atom is -0.462 e. The fourth-order valence-electron chi connectivity index (χ4n) is 4.93. The zero-order valence-electron chi connectivity index (χ0n) is 22.2. The van der Waals surface area contributed by atoms with Gasteiger partial charge in [0.1, 0.15) is 6.04 Å². The predicted molar refractivity (Wildman–Crippen MR) is 150 cm³/mol. The van der Waals surface area contributed by atoms with Crippen LogP contribution >= 0.6 is 0 Å². The molecular formula is C30H29N3O6S. The maximum absolute atomic E-state index is 13.9. The number of carbonyl (C=O) groups is 3. The lowest BCUT2D eigenvalue weighted by Gasteiger charge is -2.27. The molecule has 1 aromatic heterocycles. The molecule has 2 heterocycles. The molecule has 1 aliphatic heterocycles. The highest BCUT2D eigenvalue weighted by atomic mass is 32.2. The normalized spacial score (nSPS) is 15.8. The van der Waals surface area contributed by atoms with E-state index < -0.39 is 33.8 Å². The third kappa shape index (κ3) is 5.15. The lowest BCUT2D eigenvalue weighted by Crippen LogP contribution is -2.46. The lowest BCUT2D eigenvalue weighted by molar-refractivity contribution is -0.122. The fourth-order valence-corrected chi connectivity index (χ4v) is 6.51. The minimum atomic E-state index is -4.13. The van der Waals surface area contributed by atoms with E-state index in [1.54, 1.807) is 19.1 Å². The number of aromatic nitrogens is 1. The molecular weight excluding hydrogens is 530 g/mol. The van der Waals surface area contributed by atoms with Crippen molar-refractivity contribution in [3.63, 3.8) is 0 Å². The van der Waals surface area contributed by atoms with Gasteiger partial charge in [-0.2, -0.15) is 4.31 Å². The van der Waals surface area contributed by atoms with Gasteiger partial charge in [0.05, 0.1) is 29.2 Å². The predicted octanol–water partition coefficient (Wildman–Crippen LogP) is 4.22. The average Bonchev–Trinajstić information content (AvgIpc) is 3.49. The standard InChI is InChI=1S/C30H29N3O6S/c1-3-39-30(36)21-10-12-23(13-11-21)33-28(34)18-27(29(33)35)32(40(37,38)24-14-8-20(2)9-15-24)17-16-22-19-31-26-7-5-4-6-25(22)26/h4-15,19,27,31H,3,16-18H2,1-2H3. The van der Waals surface area contributed by atoms with E-state index in [0.29, 0.717) is 6.42 Å². The number of anilines is 1. The third-order valence-corrected chi connectivity index (χ3v) is 8.93. The van der Waals surface area contributed by atoms with Gasteiger partial charge >= 0.3 is 5.97 Å². The van der Waals surface area contributed by atoms with Crippen LogP contribution in [0.25, 0.3) is 10.9 Å². The second-order valence-corrected chi connectivity index (χ2v) is 11.5.